The van der Waals surface area contributed by atoms with Gasteiger partial charge in [0.25, 0.3) is 0 Å². The van der Waals surface area contributed by atoms with Crippen molar-refractivity contribution < 1.29 is 0 Å². The summed E-state index contributed by atoms with van der Waals surface area (Å²) in [4.78, 5) is 4.40. The van der Waals surface area contributed by atoms with Gasteiger partial charge >= 0.3 is 0 Å². The lowest BCUT2D eigenvalue weighted by molar-refractivity contribution is 1.25. The molecule has 2 heteroatoms. The molecule has 0 aliphatic heterocycles. The first-order valence-electron chi connectivity index (χ1n) is 4.78. The van der Waals surface area contributed by atoms with E-state index in [0.29, 0.717) is 0 Å². The lowest BCUT2D eigenvalue weighted by atomic mass is 10.2. The first kappa shape index (κ1) is 11.2. The Kier molecular flexibility index (Phi) is 4.08. The highest BCUT2D eigenvalue weighted by atomic mass is 79.9. The zero-order valence-electron chi connectivity index (χ0n) is 8.71. The highest BCUT2D eigenvalue weighted by molar-refractivity contribution is 9.10. The quantitative estimate of drug-likeness (QED) is 0.679. The minimum absolute atomic E-state index is 1.05. The third-order valence-electron chi connectivity index (χ3n) is 1.79. The molecule has 0 N–H and O–H groups in total. The molecule has 14 heavy (non-hydrogen) atoms. The van der Waals surface area contributed by atoms with Gasteiger partial charge in [0.2, 0.25) is 0 Å². The zero-order valence-corrected chi connectivity index (χ0v) is 10.3. The Bertz CT molecular complexity index is 382. The maximum absolute atomic E-state index is 4.40. The number of rotatable bonds is 0. The molecule has 2 rings (SSSR count). The van der Waals surface area contributed by atoms with Crippen LogP contribution < -0.4 is 0 Å². The Morgan fingerprint density at radius 2 is 1.79 bits per heavy atom. The number of hydrogen-bond acceptors (Lipinski definition) is 1. The molecule has 0 bridgehead atoms. The lowest BCUT2D eigenvalue weighted by Gasteiger charge is -1.98. The third kappa shape index (κ3) is 2.55. The lowest BCUT2D eigenvalue weighted by Crippen LogP contribution is -1.81. The first-order valence-corrected chi connectivity index (χ1v) is 5.58. The Morgan fingerprint density at radius 1 is 1.07 bits per heavy atom. The second-order valence-electron chi connectivity index (χ2n) is 2.79. The van der Waals surface area contributed by atoms with Gasteiger partial charge in [-0.3, -0.25) is 4.98 Å². The summed E-state index contributed by atoms with van der Waals surface area (Å²) in [7, 11) is 0. The largest absolute Gasteiger partial charge is 0.253 e. The summed E-state index contributed by atoms with van der Waals surface area (Å²) in [6, 6.07) is 10.2. The van der Waals surface area contributed by atoms with Crippen molar-refractivity contribution >= 4 is 26.8 Å². The molecule has 1 nitrogen and oxygen atoms in total. The molecule has 1 heterocycles. The number of halogens is 1. The Labute approximate surface area is 93.3 Å². The maximum atomic E-state index is 4.40. The SMILES string of the molecule is CC.Cc1ccc2cc(Br)ccc2n1. The van der Waals surface area contributed by atoms with Crippen LogP contribution in [-0.2, 0) is 0 Å². The highest BCUT2D eigenvalue weighted by Crippen LogP contribution is 2.18. The van der Waals surface area contributed by atoms with Crippen LogP contribution in [0.1, 0.15) is 19.5 Å². The van der Waals surface area contributed by atoms with E-state index >= 15 is 0 Å². The Morgan fingerprint density at radius 3 is 2.50 bits per heavy atom. The fraction of sp³-hybridized carbons (Fsp3) is 0.250. The van der Waals surface area contributed by atoms with Gasteiger partial charge < -0.3 is 0 Å². The van der Waals surface area contributed by atoms with Gasteiger partial charge in [-0.05, 0) is 31.2 Å². The van der Waals surface area contributed by atoms with E-state index in [-0.39, 0.29) is 0 Å². The molecule has 0 saturated heterocycles. The van der Waals surface area contributed by atoms with E-state index in [1.54, 1.807) is 0 Å². The van der Waals surface area contributed by atoms with Crippen molar-refractivity contribution in [1.29, 1.82) is 0 Å². The van der Waals surface area contributed by atoms with Crippen LogP contribution in [0.2, 0.25) is 0 Å². The molecule has 0 radical (unpaired) electrons. The van der Waals surface area contributed by atoms with Gasteiger partial charge in [0.1, 0.15) is 0 Å². The molecular weight excluding hydrogens is 238 g/mol. The second-order valence-corrected chi connectivity index (χ2v) is 3.71. The summed E-state index contributed by atoms with van der Waals surface area (Å²) in [5.41, 5.74) is 2.11. The van der Waals surface area contributed by atoms with Crippen LogP contribution in [0.5, 0.6) is 0 Å². The van der Waals surface area contributed by atoms with Gasteiger partial charge in [-0.1, -0.05) is 35.8 Å². The van der Waals surface area contributed by atoms with Crippen molar-refractivity contribution in [3.8, 4) is 0 Å². The van der Waals surface area contributed by atoms with Crippen LogP contribution in [0.3, 0.4) is 0 Å². The van der Waals surface area contributed by atoms with E-state index < -0.39 is 0 Å². The van der Waals surface area contributed by atoms with Crippen LogP contribution in [0.15, 0.2) is 34.8 Å². The van der Waals surface area contributed by atoms with E-state index in [1.165, 1.54) is 5.39 Å². The number of aryl methyl sites for hydroxylation is 1. The van der Waals surface area contributed by atoms with Gasteiger partial charge in [-0.25, -0.2) is 0 Å². The number of hydrogen-bond donors (Lipinski definition) is 0. The number of pyridine rings is 1. The standard InChI is InChI=1S/C10H8BrN.C2H6/c1-7-2-3-8-6-9(11)4-5-10(8)12-7;1-2/h2-6H,1H3;1-2H3. The molecule has 74 valence electrons. The molecule has 0 unspecified atom stereocenters. The van der Waals surface area contributed by atoms with Crippen molar-refractivity contribution in [1.82, 2.24) is 4.98 Å². The first-order chi connectivity index (χ1) is 6.75. The molecule has 0 fully saturated rings. The van der Waals surface area contributed by atoms with E-state index in [2.05, 4.69) is 33.0 Å². The maximum Gasteiger partial charge on any atom is 0.0705 e. The number of nitrogens with zero attached hydrogens (tertiary/aromatic N) is 1. The molecule has 0 spiro atoms. The minimum Gasteiger partial charge on any atom is -0.253 e. The summed E-state index contributed by atoms with van der Waals surface area (Å²) in [5, 5.41) is 1.18. The molecule has 0 atom stereocenters. The molecule has 1 aromatic heterocycles. The van der Waals surface area contributed by atoms with Crippen molar-refractivity contribution in [2.45, 2.75) is 20.8 Å². The average Bonchev–Trinajstić information content (AvgIpc) is 2.21. The third-order valence-corrected chi connectivity index (χ3v) is 2.28. The molecule has 0 amide bonds. The second kappa shape index (κ2) is 5.11. The summed E-state index contributed by atoms with van der Waals surface area (Å²) in [5.74, 6) is 0. The van der Waals surface area contributed by atoms with Crippen LogP contribution >= 0.6 is 15.9 Å². The van der Waals surface area contributed by atoms with E-state index in [1.807, 2.05) is 39.0 Å². The molecule has 2 aromatic rings. The zero-order chi connectivity index (χ0) is 10.6. The average molecular weight is 252 g/mol. The van der Waals surface area contributed by atoms with Gasteiger partial charge in [0, 0.05) is 15.6 Å². The van der Waals surface area contributed by atoms with Crippen LogP contribution in [0.25, 0.3) is 10.9 Å². The monoisotopic (exact) mass is 251 g/mol. The molecule has 1 aromatic carbocycles. The van der Waals surface area contributed by atoms with Crippen LogP contribution in [0.4, 0.5) is 0 Å². The summed E-state index contributed by atoms with van der Waals surface area (Å²) in [6.45, 7) is 6.00. The van der Waals surface area contributed by atoms with E-state index in [4.69, 9.17) is 0 Å². The number of aromatic nitrogens is 1. The van der Waals surface area contributed by atoms with E-state index in [9.17, 15) is 0 Å². The smallest absolute Gasteiger partial charge is 0.0705 e. The predicted octanol–water partition coefficient (Wildman–Crippen LogP) is 4.33. The molecule has 0 aliphatic rings. The fourth-order valence-electron chi connectivity index (χ4n) is 1.20. The molecular formula is C12H14BrN. The summed E-state index contributed by atoms with van der Waals surface area (Å²) >= 11 is 3.42. The summed E-state index contributed by atoms with van der Waals surface area (Å²) < 4.78 is 1.10. The predicted molar refractivity (Wildman–Crippen MR) is 65.5 cm³/mol. The van der Waals surface area contributed by atoms with Crippen LogP contribution in [0, 0.1) is 6.92 Å². The molecule has 0 saturated carbocycles. The Hall–Kier alpha value is -0.890. The number of benzene rings is 1. The van der Waals surface area contributed by atoms with E-state index in [0.717, 1.165) is 15.7 Å². The van der Waals surface area contributed by atoms with Crippen molar-refractivity contribution in [3.63, 3.8) is 0 Å². The topological polar surface area (TPSA) is 12.9 Å². The van der Waals surface area contributed by atoms with Gasteiger partial charge in [0.05, 0.1) is 5.52 Å². The van der Waals surface area contributed by atoms with Crippen LogP contribution in [-0.4, -0.2) is 4.98 Å². The summed E-state index contributed by atoms with van der Waals surface area (Å²) in [6.07, 6.45) is 0. The number of fused-ring (bicyclic) bond motifs is 1. The van der Waals surface area contributed by atoms with Crippen molar-refractivity contribution in [2.24, 2.45) is 0 Å². The van der Waals surface area contributed by atoms with Gasteiger partial charge in [-0.2, -0.15) is 0 Å². The minimum atomic E-state index is 1.05. The molecule has 0 aliphatic carbocycles. The normalized spacial score (nSPS) is 9.43. The van der Waals surface area contributed by atoms with Gasteiger partial charge in [0.15, 0.2) is 0 Å². The van der Waals surface area contributed by atoms with Crippen molar-refractivity contribution in [3.05, 3.63) is 40.5 Å². The van der Waals surface area contributed by atoms with Crippen molar-refractivity contribution in [2.75, 3.05) is 0 Å². The highest BCUT2D eigenvalue weighted by Gasteiger charge is 1.94. The Balaban J connectivity index is 0.000000461. The fourth-order valence-corrected chi connectivity index (χ4v) is 1.58. The van der Waals surface area contributed by atoms with Gasteiger partial charge in [-0.15, -0.1) is 0 Å².